The van der Waals surface area contributed by atoms with Crippen molar-refractivity contribution in [2.24, 2.45) is 5.10 Å². The maximum Gasteiger partial charge on any atom is 0.438 e. The zero-order chi connectivity index (χ0) is 20.4. The number of ether oxygens (including phenoxy) is 2. The molecule has 0 saturated carbocycles. The van der Waals surface area contributed by atoms with Gasteiger partial charge in [0.1, 0.15) is 0 Å². The first-order valence-corrected chi connectivity index (χ1v) is 8.15. The minimum atomic E-state index is -5.06. The summed E-state index contributed by atoms with van der Waals surface area (Å²) in [6.07, 6.45) is -4.92. The van der Waals surface area contributed by atoms with E-state index >= 15 is 0 Å². The van der Waals surface area contributed by atoms with Gasteiger partial charge < -0.3 is 14.6 Å². The van der Waals surface area contributed by atoms with Crippen LogP contribution >= 0.6 is 0 Å². The molecule has 6 nitrogen and oxygen atoms in total. The highest BCUT2D eigenvalue weighted by atomic mass is 19.4. The zero-order valence-corrected chi connectivity index (χ0v) is 15.2. The summed E-state index contributed by atoms with van der Waals surface area (Å²) in [4.78, 5) is 12.5. The van der Waals surface area contributed by atoms with Crippen LogP contribution in [0.3, 0.4) is 0 Å². The summed E-state index contributed by atoms with van der Waals surface area (Å²) < 4.78 is 50.5. The molecule has 1 N–H and O–H groups in total. The second kappa shape index (κ2) is 7.59. The lowest BCUT2D eigenvalue weighted by molar-refractivity contribution is -0.303. The summed E-state index contributed by atoms with van der Waals surface area (Å²) in [7, 11) is 1.41. The molecule has 0 fully saturated rings. The van der Waals surface area contributed by atoms with E-state index in [2.05, 4.69) is 11.7 Å². The number of allylic oxidation sites excluding steroid dienone is 1. The van der Waals surface area contributed by atoms with Crippen molar-refractivity contribution in [1.29, 1.82) is 0 Å². The maximum atomic E-state index is 13.3. The molecule has 0 aliphatic carbocycles. The van der Waals surface area contributed by atoms with Gasteiger partial charge in [-0.15, -0.1) is 6.58 Å². The fraction of sp³-hybridized carbons (Fsp3) is 0.444. The molecular weight excluding hydrogens is 365 g/mol. The van der Waals surface area contributed by atoms with Gasteiger partial charge in [0.2, 0.25) is 0 Å². The highest BCUT2D eigenvalue weighted by Crippen LogP contribution is 2.40. The summed E-state index contributed by atoms with van der Waals surface area (Å²) in [6.45, 7) is 6.22. The molecule has 1 heterocycles. The summed E-state index contributed by atoms with van der Waals surface area (Å²) in [5.41, 5.74) is -2.51. The number of hydrogen-bond donors (Lipinski definition) is 1. The number of amides is 1. The molecule has 0 saturated heterocycles. The fourth-order valence-corrected chi connectivity index (χ4v) is 2.69. The standard InChI is InChI=1S/C18H21F3N2O4/c1-5-6-13-7-8-14(15(9-13)26-4)27-12(3)16(24)23-17(25,18(19,20)21)10-11(2)22-23/h5,7-9,12,25H,1,6,10H2,2-4H3. The normalized spacial score (nSPS) is 20.9. The summed E-state index contributed by atoms with van der Waals surface area (Å²) in [5, 5.41) is 13.6. The van der Waals surface area contributed by atoms with Crippen molar-refractivity contribution >= 4 is 11.6 Å². The molecule has 1 aliphatic heterocycles. The van der Waals surface area contributed by atoms with Crippen molar-refractivity contribution in [2.45, 2.75) is 44.7 Å². The van der Waals surface area contributed by atoms with Gasteiger partial charge in [-0.1, -0.05) is 12.1 Å². The number of carbonyl (C=O) groups is 1. The lowest BCUT2D eigenvalue weighted by Gasteiger charge is -2.33. The Kier molecular flexibility index (Phi) is 5.84. The van der Waals surface area contributed by atoms with E-state index in [-0.39, 0.29) is 16.5 Å². The largest absolute Gasteiger partial charge is 0.493 e. The van der Waals surface area contributed by atoms with Crippen molar-refractivity contribution in [2.75, 3.05) is 7.11 Å². The number of nitrogens with zero attached hydrogens (tertiary/aromatic N) is 2. The number of hydrazone groups is 1. The van der Waals surface area contributed by atoms with E-state index in [1.165, 1.54) is 21.0 Å². The fourth-order valence-electron chi connectivity index (χ4n) is 2.69. The van der Waals surface area contributed by atoms with Gasteiger partial charge in [-0.05, 0) is 38.0 Å². The molecule has 1 aliphatic rings. The Morgan fingerprint density at radius 1 is 1.48 bits per heavy atom. The van der Waals surface area contributed by atoms with Crippen LogP contribution in [0.4, 0.5) is 13.2 Å². The summed E-state index contributed by atoms with van der Waals surface area (Å²) in [6, 6.07) is 4.95. The second-order valence-electron chi connectivity index (χ2n) is 6.21. The second-order valence-corrected chi connectivity index (χ2v) is 6.21. The Labute approximate surface area is 154 Å². The van der Waals surface area contributed by atoms with E-state index in [0.717, 1.165) is 5.56 Å². The minimum Gasteiger partial charge on any atom is -0.493 e. The van der Waals surface area contributed by atoms with Crippen LogP contribution in [0.2, 0.25) is 0 Å². The molecule has 27 heavy (non-hydrogen) atoms. The van der Waals surface area contributed by atoms with Crippen molar-refractivity contribution in [3.8, 4) is 11.5 Å². The van der Waals surface area contributed by atoms with Crippen LogP contribution in [0.1, 0.15) is 25.8 Å². The van der Waals surface area contributed by atoms with Crippen LogP contribution in [0.25, 0.3) is 0 Å². The highest BCUT2D eigenvalue weighted by Gasteiger charge is 2.63. The Morgan fingerprint density at radius 3 is 2.70 bits per heavy atom. The third kappa shape index (κ3) is 4.08. The average Bonchev–Trinajstić information content (AvgIpc) is 2.91. The molecule has 1 amide bonds. The van der Waals surface area contributed by atoms with Gasteiger partial charge in [0.15, 0.2) is 17.6 Å². The quantitative estimate of drug-likeness (QED) is 0.763. The zero-order valence-electron chi connectivity index (χ0n) is 15.2. The average molecular weight is 386 g/mol. The van der Waals surface area contributed by atoms with Crippen LogP contribution < -0.4 is 9.47 Å². The molecule has 148 valence electrons. The Balaban J connectivity index is 2.24. The molecule has 9 heteroatoms. The number of methoxy groups -OCH3 is 1. The van der Waals surface area contributed by atoms with E-state index in [0.29, 0.717) is 12.2 Å². The van der Waals surface area contributed by atoms with Gasteiger partial charge in [-0.3, -0.25) is 4.79 Å². The Bertz CT molecular complexity index is 763. The predicted octanol–water partition coefficient (Wildman–Crippen LogP) is 3.05. The summed E-state index contributed by atoms with van der Waals surface area (Å²) >= 11 is 0. The molecule has 1 aromatic rings. The number of carbonyl (C=O) groups excluding carboxylic acids is 1. The van der Waals surface area contributed by atoms with Gasteiger partial charge in [0, 0.05) is 12.1 Å². The van der Waals surface area contributed by atoms with Crippen LogP contribution in [-0.2, 0) is 11.2 Å². The van der Waals surface area contributed by atoms with Crippen molar-refractivity contribution in [3.63, 3.8) is 0 Å². The van der Waals surface area contributed by atoms with Gasteiger partial charge in [-0.2, -0.15) is 23.3 Å². The van der Waals surface area contributed by atoms with Crippen LogP contribution in [0, 0.1) is 0 Å². The molecule has 2 unspecified atom stereocenters. The SMILES string of the molecule is C=CCc1ccc(OC(C)C(=O)N2N=C(C)CC2(O)C(F)(F)F)c(OC)c1. The van der Waals surface area contributed by atoms with Crippen molar-refractivity contribution in [3.05, 3.63) is 36.4 Å². The monoisotopic (exact) mass is 386 g/mol. The van der Waals surface area contributed by atoms with Crippen LogP contribution in [0.5, 0.6) is 11.5 Å². The molecule has 0 spiro atoms. The number of rotatable bonds is 6. The number of aliphatic hydroxyl groups is 1. The van der Waals surface area contributed by atoms with E-state index < -0.39 is 30.3 Å². The van der Waals surface area contributed by atoms with Gasteiger partial charge in [0.25, 0.3) is 11.6 Å². The predicted molar refractivity (Wildman–Crippen MR) is 92.6 cm³/mol. The lowest BCUT2D eigenvalue weighted by atomic mass is 10.1. The van der Waals surface area contributed by atoms with Crippen LogP contribution in [-0.4, -0.2) is 46.8 Å². The number of halogens is 3. The molecule has 1 aromatic carbocycles. The van der Waals surface area contributed by atoms with E-state index in [1.807, 2.05) is 0 Å². The lowest BCUT2D eigenvalue weighted by Crippen LogP contribution is -2.58. The highest BCUT2D eigenvalue weighted by molar-refractivity contribution is 5.90. The first-order chi connectivity index (χ1) is 12.5. The van der Waals surface area contributed by atoms with Crippen LogP contribution in [0.15, 0.2) is 36.0 Å². The molecular formula is C18H21F3N2O4. The summed E-state index contributed by atoms with van der Waals surface area (Å²) in [5.74, 6) is -0.619. The van der Waals surface area contributed by atoms with E-state index in [1.54, 1.807) is 24.3 Å². The number of benzene rings is 1. The molecule has 2 rings (SSSR count). The van der Waals surface area contributed by atoms with Gasteiger partial charge >= 0.3 is 6.18 Å². The molecule has 0 radical (unpaired) electrons. The van der Waals surface area contributed by atoms with Gasteiger partial charge in [0.05, 0.1) is 7.11 Å². The molecule has 2 atom stereocenters. The third-order valence-corrected chi connectivity index (χ3v) is 4.05. The smallest absolute Gasteiger partial charge is 0.438 e. The topological polar surface area (TPSA) is 71.4 Å². The number of hydrogen-bond acceptors (Lipinski definition) is 5. The van der Waals surface area contributed by atoms with Gasteiger partial charge in [-0.25, -0.2) is 0 Å². The third-order valence-electron chi connectivity index (χ3n) is 4.05. The van der Waals surface area contributed by atoms with E-state index in [4.69, 9.17) is 9.47 Å². The Hall–Kier alpha value is -2.55. The molecule has 0 bridgehead atoms. The number of alkyl halides is 3. The first kappa shape index (κ1) is 20.8. The minimum absolute atomic E-state index is 0.0123. The van der Waals surface area contributed by atoms with Crippen molar-refractivity contribution < 1.29 is 32.5 Å². The first-order valence-electron chi connectivity index (χ1n) is 8.15. The Morgan fingerprint density at radius 2 is 2.15 bits per heavy atom. The van der Waals surface area contributed by atoms with E-state index in [9.17, 15) is 23.1 Å². The maximum absolute atomic E-state index is 13.3. The van der Waals surface area contributed by atoms with Crippen molar-refractivity contribution in [1.82, 2.24) is 5.01 Å². The molecule has 0 aromatic heterocycles.